The molecule has 2 aromatic carbocycles. The van der Waals surface area contributed by atoms with Gasteiger partial charge in [0.2, 0.25) is 0 Å². The lowest BCUT2D eigenvalue weighted by Crippen LogP contribution is -2.51. The van der Waals surface area contributed by atoms with Crippen molar-refractivity contribution in [2.45, 2.75) is 30.9 Å². The smallest absolute Gasteiger partial charge is 0.319 e. The van der Waals surface area contributed by atoms with Crippen LogP contribution in [0.4, 0.5) is 19.3 Å². The van der Waals surface area contributed by atoms with Gasteiger partial charge in [0, 0.05) is 31.1 Å². The van der Waals surface area contributed by atoms with E-state index >= 15 is 0 Å². The van der Waals surface area contributed by atoms with E-state index < -0.39 is 17.7 Å². The molecule has 2 amide bonds. The molecule has 2 N–H and O–H groups in total. The lowest BCUT2D eigenvalue weighted by Gasteiger charge is -2.46. The molecule has 1 fully saturated rings. The van der Waals surface area contributed by atoms with Gasteiger partial charge in [-0.1, -0.05) is 18.2 Å². The minimum absolute atomic E-state index is 0.0618. The Hall–Kier alpha value is -2.67. The highest BCUT2D eigenvalue weighted by Gasteiger charge is 2.43. The van der Waals surface area contributed by atoms with Gasteiger partial charge < -0.3 is 20.3 Å². The molecule has 4 rings (SSSR count). The number of urea groups is 1. The molecule has 2 aliphatic rings. The first-order chi connectivity index (χ1) is 13.4. The maximum atomic E-state index is 13.8. The molecule has 28 heavy (non-hydrogen) atoms. The Bertz CT molecular complexity index is 882. The molecule has 0 bridgehead atoms. The van der Waals surface area contributed by atoms with E-state index in [9.17, 15) is 13.6 Å². The summed E-state index contributed by atoms with van der Waals surface area (Å²) in [6.07, 6.45) is 2.41. The van der Waals surface area contributed by atoms with E-state index in [0.717, 1.165) is 49.4 Å². The summed E-state index contributed by atoms with van der Waals surface area (Å²) in [6.45, 7) is 1.86. The fourth-order valence-electron chi connectivity index (χ4n) is 3.99. The Kier molecular flexibility index (Phi) is 4.93. The predicted octanol–water partition coefficient (Wildman–Crippen LogP) is 4.07. The van der Waals surface area contributed by atoms with Crippen molar-refractivity contribution in [3.8, 4) is 5.75 Å². The van der Waals surface area contributed by atoms with Crippen molar-refractivity contribution in [2.75, 3.05) is 25.5 Å². The molecule has 2 aliphatic heterocycles. The van der Waals surface area contributed by atoms with Crippen LogP contribution in [0.1, 0.15) is 30.9 Å². The molecule has 1 saturated heterocycles. The topological polar surface area (TPSA) is 53.6 Å². The Morgan fingerprint density at radius 2 is 1.93 bits per heavy atom. The van der Waals surface area contributed by atoms with E-state index in [-0.39, 0.29) is 17.3 Å². The summed E-state index contributed by atoms with van der Waals surface area (Å²) in [4.78, 5) is 14.8. The molecule has 7 heteroatoms. The van der Waals surface area contributed by atoms with Crippen LogP contribution in [0.3, 0.4) is 0 Å². The summed E-state index contributed by atoms with van der Waals surface area (Å²) in [5.74, 6) is -0.725. The summed E-state index contributed by atoms with van der Waals surface area (Å²) in [6, 6.07) is 9.94. The fraction of sp³-hybridized carbons (Fsp3) is 0.381. The quantitative estimate of drug-likeness (QED) is 0.817. The van der Waals surface area contributed by atoms with E-state index in [1.807, 2.05) is 24.3 Å². The maximum absolute atomic E-state index is 13.8. The number of anilines is 1. The molecule has 5 nitrogen and oxygen atoms in total. The van der Waals surface area contributed by atoms with Gasteiger partial charge in [-0.05, 0) is 38.1 Å². The second-order valence-electron chi connectivity index (χ2n) is 7.61. The molecular formula is C21H23F2N3O2. The first kappa shape index (κ1) is 18.7. The standard InChI is InChI=1S/C21H23F2N3O2/c1-26-10-8-21(9-11-26)13-18(15-4-2-3-5-19(15)28-21)25-20(27)24-17-7-6-14(22)12-16(17)23/h2-7,12,18H,8-11,13H2,1H3,(H2,24,25,27)/t18-/m0/s1. The number of nitrogens with one attached hydrogen (secondary N) is 2. The second kappa shape index (κ2) is 7.39. The average Bonchev–Trinajstić information content (AvgIpc) is 2.67. The van der Waals surface area contributed by atoms with Crippen molar-refractivity contribution < 1.29 is 18.3 Å². The normalized spacial score (nSPS) is 20.9. The van der Waals surface area contributed by atoms with Gasteiger partial charge in [0.05, 0.1) is 11.7 Å². The summed E-state index contributed by atoms with van der Waals surface area (Å²) in [5, 5.41) is 5.42. The van der Waals surface area contributed by atoms with Gasteiger partial charge in [-0.25, -0.2) is 13.6 Å². The van der Waals surface area contributed by atoms with E-state index in [1.54, 1.807) is 0 Å². The molecule has 0 radical (unpaired) electrons. The lowest BCUT2D eigenvalue weighted by atomic mass is 9.80. The zero-order valence-corrected chi connectivity index (χ0v) is 15.7. The number of hydrogen-bond donors (Lipinski definition) is 2. The number of fused-ring (bicyclic) bond motifs is 1. The number of carbonyl (C=O) groups excluding carboxylic acids is 1. The van der Waals surface area contributed by atoms with Gasteiger partial charge in [-0.3, -0.25) is 0 Å². The number of amides is 2. The molecule has 2 heterocycles. The number of para-hydroxylation sites is 1. The third-order valence-electron chi connectivity index (χ3n) is 5.58. The first-order valence-electron chi connectivity index (χ1n) is 9.43. The van der Waals surface area contributed by atoms with Crippen LogP contribution in [0.15, 0.2) is 42.5 Å². The number of hydrogen-bond acceptors (Lipinski definition) is 3. The third-order valence-corrected chi connectivity index (χ3v) is 5.58. The average molecular weight is 387 g/mol. The van der Waals surface area contributed by atoms with Gasteiger partial charge in [0.25, 0.3) is 0 Å². The van der Waals surface area contributed by atoms with Crippen LogP contribution in [-0.2, 0) is 0 Å². The van der Waals surface area contributed by atoms with Crippen molar-refractivity contribution in [3.05, 3.63) is 59.7 Å². The molecular weight excluding hydrogens is 364 g/mol. The summed E-state index contributed by atoms with van der Waals surface area (Å²) < 4.78 is 33.3. The van der Waals surface area contributed by atoms with Crippen LogP contribution in [-0.4, -0.2) is 36.7 Å². The highest BCUT2D eigenvalue weighted by Crippen LogP contribution is 2.44. The van der Waals surface area contributed by atoms with Crippen molar-refractivity contribution >= 4 is 11.7 Å². The Labute approximate surface area is 162 Å². The zero-order chi connectivity index (χ0) is 19.7. The first-order valence-corrected chi connectivity index (χ1v) is 9.43. The molecule has 148 valence electrons. The van der Waals surface area contributed by atoms with Gasteiger partial charge >= 0.3 is 6.03 Å². The minimum atomic E-state index is -0.811. The molecule has 0 aliphatic carbocycles. The molecule has 0 saturated carbocycles. The lowest BCUT2D eigenvalue weighted by molar-refractivity contribution is -0.0188. The zero-order valence-electron chi connectivity index (χ0n) is 15.7. The summed E-state index contributed by atoms with van der Waals surface area (Å²) in [7, 11) is 2.09. The summed E-state index contributed by atoms with van der Waals surface area (Å²) in [5.41, 5.74) is 0.523. The van der Waals surface area contributed by atoms with Crippen molar-refractivity contribution in [1.29, 1.82) is 0 Å². The monoisotopic (exact) mass is 387 g/mol. The summed E-state index contributed by atoms with van der Waals surface area (Å²) >= 11 is 0. The number of nitrogens with zero attached hydrogens (tertiary/aromatic N) is 1. The number of rotatable bonds is 2. The maximum Gasteiger partial charge on any atom is 0.319 e. The van der Waals surface area contributed by atoms with E-state index in [0.29, 0.717) is 6.42 Å². The number of benzene rings is 2. The van der Waals surface area contributed by atoms with Crippen LogP contribution in [0.5, 0.6) is 5.75 Å². The van der Waals surface area contributed by atoms with E-state index in [2.05, 4.69) is 22.6 Å². The molecule has 2 aromatic rings. The van der Waals surface area contributed by atoms with E-state index in [1.165, 1.54) is 6.07 Å². The second-order valence-corrected chi connectivity index (χ2v) is 7.61. The molecule has 1 spiro atoms. The SMILES string of the molecule is CN1CCC2(CC1)C[C@H](NC(=O)Nc1ccc(F)cc1F)c1ccccc1O2. The highest BCUT2D eigenvalue weighted by atomic mass is 19.1. The van der Waals surface area contributed by atoms with Crippen LogP contribution in [0, 0.1) is 11.6 Å². The minimum Gasteiger partial charge on any atom is -0.487 e. The van der Waals surface area contributed by atoms with Crippen molar-refractivity contribution in [3.63, 3.8) is 0 Å². The largest absolute Gasteiger partial charge is 0.487 e. The van der Waals surface area contributed by atoms with E-state index in [4.69, 9.17) is 4.74 Å². The number of piperidine rings is 1. The molecule has 0 aromatic heterocycles. The van der Waals surface area contributed by atoms with Crippen LogP contribution < -0.4 is 15.4 Å². The number of likely N-dealkylation sites (tertiary alicyclic amines) is 1. The van der Waals surface area contributed by atoms with Crippen LogP contribution in [0.25, 0.3) is 0 Å². The number of carbonyl (C=O) groups is 1. The van der Waals surface area contributed by atoms with Gasteiger partial charge in [0.1, 0.15) is 23.0 Å². The van der Waals surface area contributed by atoms with Gasteiger partial charge in [-0.15, -0.1) is 0 Å². The van der Waals surface area contributed by atoms with Crippen molar-refractivity contribution in [1.82, 2.24) is 10.2 Å². The third kappa shape index (κ3) is 3.80. The van der Waals surface area contributed by atoms with Gasteiger partial charge in [-0.2, -0.15) is 0 Å². The molecule has 0 unspecified atom stereocenters. The highest BCUT2D eigenvalue weighted by molar-refractivity contribution is 5.89. The predicted molar refractivity (Wildman–Crippen MR) is 102 cm³/mol. The van der Waals surface area contributed by atoms with Crippen LogP contribution >= 0.6 is 0 Å². The van der Waals surface area contributed by atoms with Crippen LogP contribution in [0.2, 0.25) is 0 Å². The Morgan fingerprint density at radius 1 is 1.18 bits per heavy atom. The fourth-order valence-corrected chi connectivity index (χ4v) is 3.99. The van der Waals surface area contributed by atoms with Crippen molar-refractivity contribution in [2.24, 2.45) is 0 Å². The molecule has 1 atom stereocenters. The number of halogens is 2. The Balaban J connectivity index is 1.53. The number of ether oxygens (including phenoxy) is 1. The van der Waals surface area contributed by atoms with Gasteiger partial charge in [0.15, 0.2) is 0 Å². The Morgan fingerprint density at radius 3 is 2.68 bits per heavy atom.